The number of pyridine rings is 1. The molecule has 2 aromatic rings. The summed E-state index contributed by atoms with van der Waals surface area (Å²) >= 11 is 1.73. The zero-order chi connectivity index (χ0) is 9.26. The second-order valence-electron chi connectivity index (χ2n) is 2.96. The molecular formula is C10H10N2S. The average molecular weight is 190 g/mol. The van der Waals surface area contributed by atoms with Gasteiger partial charge in [0, 0.05) is 16.6 Å². The van der Waals surface area contributed by atoms with Gasteiger partial charge < -0.3 is 5.73 Å². The minimum Gasteiger partial charge on any atom is -0.384 e. The number of anilines is 1. The number of nitrogens with zero attached hydrogens (tertiary/aromatic N) is 1. The molecule has 13 heavy (non-hydrogen) atoms. The molecule has 2 N–H and O–H groups in total. The first-order chi connectivity index (χ1) is 6.25. The summed E-state index contributed by atoms with van der Waals surface area (Å²) in [5, 5.41) is 2.13. The summed E-state index contributed by atoms with van der Waals surface area (Å²) in [4.78, 5) is 5.29. The normalized spacial score (nSPS) is 10.2. The fraction of sp³-hybridized carbons (Fsp3) is 0.100. The lowest BCUT2D eigenvalue weighted by atomic mass is 10.2. The van der Waals surface area contributed by atoms with Crippen molar-refractivity contribution in [1.82, 2.24) is 4.98 Å². The summed E-state index contributed by atoms with van der Waals surface area (Å²) < 4.78 is 0. The van der Waals surface area contributed by atoms with E-state index in [1.54, 1.807) is 17.5 Å². The van der Waals surface area contributed by atoms with Gasteiger partial charge in [-0.1, -0.05) is 0 Å². The Kier molecular flexibility index (Phi) is 2.02. The number of nitrogens with two attached hydrogens (primary N) is 1. The highest BCUT2D eigenvalue weighted by molar-refractivity contribution is 7.13. The minimum absolute atomic E-state index is 0.567. The second-order valence-corrected chi connectivity index (χ2v) is 3.87. The van der Waals surface area contributed by atoms with E-state index in [1.165, 1.54) is 10.4 Å². The Bertz CT molecular complexity index is 403. The zero-order valence-corrected chi connectivity index (χ0v) is 8.14. The van der Waals surface area contributed by atoms with E-state index >= 15 is 0 Å². The van der Waals surface area contributed by atoms with E-state index in [2.05, 4.69) is 23.4 Å². The van der Waals surface area contributed by atoms with E-state index in [9.17, 15) is 0 Å². The Labute approximate surface area is 81.1 Å². The van der Waals surface area contributed by atoms with Crippen LogP contribution in [0.3, 0.4) is 0 Å². The third-order valence-corrected chi connectivity index (χ3v) is 2.90. The Morgan fingerprint density at radius 1 is 1.38 bits per heavy atom. The number of rotatable bonds is 1. The average Bonchev–Trinajstić information content (AvgIpc) is 2.53. The molecule has 2 rings (SSSR count). The van der Waals surface area contributed by atoms with Crippen molar-refractivity contribution in [1.29, 1.82) is 0 Å². The van der Waals surface area contributed by atoms with Crippen molar-refractivity contribution in [2.24, 2.45) is 0 Å². The third kappa shape index (κ3) is 1.70. The van der Waals surface area contributed by atoms with Crippen LogP contribution in [-0.2, 0) is 0 Å². The largest absolute Gasteiger partial charge is 0.384 e. The number of hydrogen-bond acceptors (Lipinski definition) is 3. The Balaban J connectivity index is 2.41. The molecule has 2 aromatic heterocycles. The predicted molar refractivity (Wildman–Crippen MR) is 56.7 cm³/mol. The fourth-order valence-corrected chi connectivity index (χ4v) is 2.03. The molecule has 0 amide bonds. The van der Waals surface area contributed by atoms with E-state index in [1.807, 2.05) is 12.1 Å². The van der Waals surface area contributed by atoms with Crippen LogP contribution in [0.15, 0.2) is 29.8 Å². The molecule has 0 bridgehead atoms. The lowest BCUT2D eigenvalue weighted by Crippen LogP contribution is -1.87. The molecule has 3 heteroatoms. The summed E-state index contributed by atoms with van der Waals surface area (Å²) in [6.07, 6.45) is 1.81. The lowest BCUT2D eigenvalue weighted by Gasteiger charge is -1.96. The summed E-state index contributed by atoms with van der Waals surface area (Å²) in [6.45, 7) is 2.09. The highest BCUT2D eigenvalue weighted by atomic mass is 32.1. The Hall–Kier alpha value is -1.35. The topological polar surface area (TPSA) is 38.9 Å². The van der Waals surface area contributed by atoms with Gasteiger partial charge in [0.25, 0.3) is 0 Å². The monoisotopic (exact) mass is 190 g/mol. The molecule has 0 atom stereocenters. The first-order valence-electron chi connectivity index (χ1n) is 4.03. The molecular weight excluding hydrogens is 180 g/mol. The molecule has 0 saturated heterocycles. The summed E-state index contributed by atoms with van der Waals surface area (Å²) in [6, 6.07) is 5.97. The van der Waals surface area contributed by atoms with Crippen LogP contribution in [0.2, 0.25) is 0 Å². The maximum absolute atomic E-state index is 5.50. The maximum atomic E-state index is 5.50. The molecule has 0 saturated carbocycles. The van der Waals surface area contributed by atoms with Crippen LogP contribution in [0.1, 0.15) is 5.56 Å². The van der Waals surface area contributed by atoms with Crippen LogP contribution in [0.4, 0.5) is 5.82 Å². The quantitative estimate of drug-likeness (QED) is 0.751. The number of thiophene rings is 1. The van der Waals surface area contributed by atoms with Crippen molar-refractivity contribution < 1.29 is 0 Å². The number of aromatic nitrogens is 1. The number of hydrogen-bond donors (Lipinski definition) is 1. The van der Waals surface area contributed by atoms with Gasteiger partial charge in [-0.05, 0) is 36.1 Å². The van der Waals surface area contributed by atoms with E-state index < -0.39 is 0 Å². The number of nitrogen functional groups attached to an aromatic ring is 1. The van der Waals surface area contributed by atoms with Gasteiger partial charge in [-0.2, -0.15) is 0 Å². The standard InChI is InChI=1S/C10H10N2S/c1-7-4-9(13-6-7)8-2-3-10(11)12-5-8/h2-6H,1H3,(H2,11,12). The van der Waals surface area contributed by atoms with Crippen LogP contribution >= 0.6 is 11.3 Å². The van der Waals surface area contributed by atoms with Gasteiger partial charge in [0.2, 0.25) is 0 Å². The van der Waals surface area contributed by atoms with Gasteiger partial charge >= 0.3 is 0 Å². The van der Waals surface area contributed by atoms with Crippen LogP contribution < -0.4 is 5.73 Å². The highest BCUT2D eigenvalue weighted by Crippen LogP contribution is 2.26. The summed E-state index contributed by atoms with van der Waals surface area (Å²) in [5.74, 6) is 0.567. The van der Waals surface area contributed by atoms with Gasteiger partial charge in [0.15, 0.2) is 0 Å². The van der Waals surface area contributed by atoms with E-state index in [0.29, 0.717) is 5.82 Å². The van der Waals surface area contributed by atoms with Gasteiger partial charge in [-0.25, -0.2) is 4.98 Å². The Morgan fingerprint density at radius 3 is 2.77 bits per heavy atom. The van der Waals surface area contributed by atoms with Crippen LogP contribution in [0.25, 0.3) is 10.4 Å². The highest BCUT2D eigenvalue weighted by Gasteiger charge is 1.99. The molecule has 66 valence electrons. The fourth-order valence-electron chi connectivity index (χ4n) is 1.13. The SMILES string of the molecule is Cc1csc(-c2ccc(N)nc2)c1. The van der Waals surface area contributed by atoms with Crippen molar-refractivity contribution in [3.05, 3.63) is 35.3 Å². The van der Waals surface area contributed by atoms with Crippen molar-refractivity contribution >= 4 is 17.2 Å². The Morgan fingerprint density at radius 2 is 2.23 bits per heavy atom. The molecule has 0 aliphatic heterocycles. The molecule has 0 radical (unpaired) electrons. The molecule has 2 nitrogen and oxygen atoms in total. The first kappa shape index (κ1) is 8.26. The second kappa shape index (κ2) is 3.18. The predicted octanol–water partition coefficient (Wildman–Crippen LogP) is 2.70. The lowest BCUT2D eigenvalue weighted by molar-refractivity contribution is 1.34. The smallest absolute Gasteiger partial charge is 0.123 e. The minimum atomic E-state index is 0.567. The molecule has 0 aromatic carbocycles. The number of aryl methyl sites for hydroxylation is 1. The van der Waals surface area contributed by atoms with Gasteiger partial charge in [0.1, 0.15) is 5.82 Å². The van der Waals surface area contributed by atoms with Crippen LogP contribution in [-0.4, -0.2) is 4.98 Å². The molecule has 2 heterocycles. The van der Waals surface area contributed by atoms with Crippen molar-refractivity contribution in [2.75, 3.05) is 5.73 Å². The maximum Gasteiger partial charge on any atom is 0.123 e. The van der Waals surface area contributed by atoms with Crippen molar-refractivity contribution in [3.63, 3.8) is 0 Å². The molecule has 0 unspecified atom stereocenters. The van der Waals surface area contributed by atoms with E-state index in [-0.39, 0.29) is 0 Å². The van der Waals surface area contributed by atoms with Gasteiger partial charge in [-0.3, -0.25) is 0 Å². The first-order valence-corrected chi connectivity index (χ1v) is 4.91. The molecule has 0 aliphatic rings. The van der Waals surface area contributed by atoms with Gasteiger partial charge in [0.05, 0.1) is 0 Å². The van der Waals surface area contributed by atoms with E-state index in [4.69, 9.17) is 5.73 Å². The summed E-state index contributed by atoms with van der Waals surface area (Å²) in [5.41, 5.74) is 7.92. The molecule has 0 aliphatic carbocycles. The van der Waals surface area contributed by atoms with Gasteiger partial charge in [-0.15, -0.1) is 11.3 Å². The van der Waals surface area contributed by atoms with Crippen molar-refractivity contribution in [3.8, 4) is 10.4 Å². The van der Waals surface area contributed by atoms with Crippen LogP contribution in [0.5, 0.6) is 0 Å². The third-order valence-electron chi connectivity index (χ3n) is 1.80. The molecule has 0 spiro atoms. The molecule has 0 fully saturated rings. The zero-order valence-electron chi connectivity index (χ0n) is 7.32. The van der Waals surface area contributed by atoms with Crippen LogP contribution in [0, 0.1) is 6.92 Å². The van der Waals surface area contributed by atoms with Crippen molar-refractivity contribution in [2.45, 2.75) is 6.92 Å². The van der Waals surface area contributed by atoms with E-state index in [0.717, 1.165) is 5.56 Å². The summed E-state index contributed by atoms with van der Waals surface area (Å²) in [7, 11) is 0.